The minimum Gasteiger partial charge on any atom is -0.497 e. The van der Waals surface area contributed by atoms with Gasteiger partial charge >= 0.3 is 0 Å². The van der Waals surface area contributed by atoms with Crippen LogP contribution in [0.4, 0.5) is 0 Å². The highest BCUT2D eigenvalue weighted by molar-refractivity contribution is 6.02. The summed E-state index contributed by atoms with van der Waals surface area (Å²) >= 11 is 0. The third-order valence-electron chi connectivity index (χ3n) is 5.60. The molecule has 0 aromatic heterocycles. The molecule has 0 fully saturated rings. The van der Waals surface area contributed by atoms with Crippen LogP contribution in [0.1, 0.15) is 42.3 Å². The molecule has 5 heteroatoms. The van der Waals surface area contributed by atoms with E-state index in [1.807, 2.05) is 43.3 Å². The van der Waals surface area contributed by atoms with Crippen molar-refractivity contribution in [3.63, 3.8) is 0 Å². The monoisotopic (exact) mass is 400 g/mol. The Labute approximate surface area is 176 Å². The molecule has 0 bridgehead atoms. The molecule has 2 aliphatic heterocycles. The van der Waals surface area contributed by atoms with E-state index in [9.17, 15) is 0 Å². The van der Waals surface area contributed by atoms with Gasteiger partial charge in [0, 0.05) is 17.5 Å². The lowest BCUT2D eigenvalue weighted by atomic mass is 9.96. The van der Waals surface area contributed by atoms with Crippen molar-refractivity contribution in [3.8, 4) is 17.2 Å². The lowest BCUT2D eigenvalue weighted by Gasteiger charge is -2.38. The largest absolute Gasteiger partial charge is 0.497 e. The van der Waals surface area contributed by atoms with Crippen LogP contribution in [0.15, 0.2) is 77.9 Å². The van der Waals surface area contributed by atoms with Crippen LogP contribution in [0.3, 0.4) is 0 Å². The van der Waals surface area contributed by atoms with Crippen LogP contribution < -0.4 is 14.2 Å². The third kappa shape index (κ3) is 3.26. The second-order valence-corrected chi connectivity index (χ2v) is 7.39. The van der Waals surface area contributed by atoms with Crippen molar-refractivity contribution in [3.05, 3.63) is 89.5 Å². The Morgan fingerprint density at radius 2 is 1.70 bits per heavy atom. The van der Waals surface area contributed by atoms with E-state index >= 15 is 0 Å². The van der Waals surface area contributed by atoms with Crippen LogP contribution >= 0.6 is 0 Å². The summed E-state index contributed by atoms with van der Waals surface area (Å²) in [5.74, 6) is 2.62. The average molecular weight is 400 g/mol. The molecule has 2 aliphatic rings. The fraction of sp³-hybridized carbons (Fsp3) is 0.240. The lowest BCUT2D eigenvalue weighted by molar-refractivity contribution is -0.0190. The van der Waals surface area contributed by atoms with Crippen LogP contribution in [-0.4, -0.2) is 24.4 Å². The van der Waals surface area contributed by atoms with E-state index in [2.05, 4.69) is 41.4 Å². The second-order valence-electron chi connectivity index (χ2n) is 7.39. The molecular formula is C25H24N2O3. The Bertz CT molecular complexity index is 1060. The SMILES string of the molecule is CCOc1ccc([C@H]2Oc3ccccc3[C@H]3CC(c4ccc(OC)cc4)=NN32)cc1. The Hall–Kier alpha value is -3.47. The van der Waals surface area contributed by atoms with Gasteiger partial charge in [-0.1, -0.05) is 18.2 Å². The minimum atomic E-state index is -0.281. The van der Waals surface area contributed by atoms with Gasteiger partial charge in [-0.25, -0.2) is 5.01 Å². The highest BCUT2D eigenvalue weighted by atomic mass is 16.5. The number of methoxy groups -OCH3 is 1. The molecule has 0 N–H and O–H groups in total. The molecule has 0 saturated carbocycles. The van der Waals surface area contributed by atoms with E-state index in [1.54, 1.807) is 7.11 Å². The normalized spacial score (nSPS) is 19.4. The molecule has 30 heavy (non-hydrogen) atoms. The van der Waals surface area contributed by atoms with Gasteiger partial charge < -0.3 is 14.2 Å². The highest BCUT2D eigenvalue weighted by Gasteiger charge is 2.40. The molecule has 3 aromatic rings. The quantitative estimate of drug-likeness (QED) is 0.580. The Morgan fingerprint density at radius 1 is 0.967 bits per heavy atom. The zero-order chi connectivity index (χ0) is 20.5. The molecule has 0 radical (unpaired) electrons. The molecule has 5 rings (SSSR count). The van der Waals surface area contributed by atoms with E-state index in [-0.39, 0.29) is 12.3 Å². The molecule has 0 unspecified atom stereocenters. The van der Waals surface area contributed by atoms with Crippen molar-refractivity contribution in [1.82, 2.24) is 5.01 Å². The van der Waals surface area contributed by atoms with Crippen molar-refractivity contribution in [2.75, 3.05) is 13.7 Å². The maximum absolute atomic E-state index is 6.41. The number of para-hydroxylation sites is 1. The molecule has 2 heterocycles. The number of rotatable bonds is 5. The van der Waals surface area contributed by atoms with Gasteiger partial charge in [0.2, 0.25) is 6.23 Å². The molecule has 5 nitrogen and oxygen atoms in total. The molecule has 0 aliphatic carbocycles. The maximum atomic E-state index is 6.41. The zero-order valence-corrected chi connectivity index (χ0v) is 17.1. The van der Waals surface area contributed by atoms with E-state index in [4.69, 9.17) is 19.3 Å². The van der Waals surface area contributed by atoms with Crippen molar-refractivity contribution in [2.45, 2.75) is 25.6 Å². The minimum absolute atomic E-state index is 0.142. The van der Waals surface area contributed by atoms with Crippen LogP contribution in [0.2, 0.25) is 0 Å². The van der Waals surface area contributed by atoms with E-state index in [0.717, 1.165) is 40.5 Å². The molecule has 2 atom stereocenters. The molecule has 0 amide bonds. The number of hydrogen-bond acceptors (Lipinski definition) is 5. The molecule has 152 valence electrons. The van der Waals surface area contributed by atoms with E-state index < -0.39 is 0 Å². The summed E-state index contributed by atoms with van der Waals surface area (Å²) in [4.78, 5) is 0. The zero-order valence-electron chi connectivity index (χ0n) is 17.1. The number of ether oxygens (including phenoxy) is 3. The van der Waals surface area contributed by atoms with Crippen LogP contribution in [-0.2, 0) is 0 Å². The highest BCUT2D eigenvalue weighted by Crippen LogP contribution is 2.47. The number of hydrogen-bond donors (Lipinski definition) is 0. The first-order valence-corrected chi connectivity index (χ1v) is 10.3. The Morgan fingerprint density at radius 3 is 2.43 bits per heavy atom. The average Bonchev–Trinajstić information content (AvgIpc) is 3.25. The third-order valence-corrected chi connectivity index (χ3v) is 5.60. The fourth-order valence-electron chi connectivity index (χ4n) is 4.11. The van der Waals surface area contributed by atoms with Crippen molar-refractivity contribution in [2.24, 2.45) is 5.10 Å². The van der Waals surface area contributed by atoms with Gasteiger partial charge in [-0.05, 0) is 67.1 Å². The van der Waals surface area contributed by atoms with Gasteiger partial charge in [0.15, 0.2) is 0 Å². The predicted molar refractivity (Wildman–Crippen MR) is 116 cm³/mol. The van der Waals surface area contributed by atoms with Crippen molar-refractivity contribution >= 4 is 5.71 Å². The molecular weight excluding hydrogens is 376 g/mol. The number of hydrazone groups is 1. The summed E-state index contributed by atoms with van der Waals surface area (Å²) in [6.07, 6.45) is 0.552. The van der Waals surface area contributed by atoms with E-state index in [1.165, 1.54) is 5.56 Å². The fourth-order valence-corrected chi connectivity index (χ4v) is 4.11. The van der Waals surface area contributed by atoms with Gasteiger partial charge in [-0.3, -0.25) is 0 Å². The molecule has 3 aromatic carbocycles. The lowest BCUT2D eigenvalue weighted by Crippen LogP contribution is -2.33. The summed E-state index contributed by atoms with van der Waals surface area (Å²) < 4.78 is 17.3. The van der Waals surface area contributed by atoms with Crippen LogP contribution in [0.25, 0.3) is 0 Å². The topological polar surface area (TPSA) is 43.3 Å². The first kappa shape index (κ1) is 18.6. The van der Waals surface area contributed by atoms with Gasteiger partial charge in [-0.2, -0.15) is 5.10 Å². The summed E-state index contributed by atoms with van der Waals surface area (Å²) in [6.45, 7) is 2.63. The number of nitrogens with zero attached hydrogens (tertiary/aromatic N) is 2. The standard InChI is InChI=1S/C25H24N2O3/c1-3-29-20-14-10-18(11-15-20)25-27-23(21-6-4-5-7-24(21)30-25)16-22(26-27)17-8-12-19(28-2)13-9-17/h4-15,23,25H,3,16H2,1-2H3/t23-,25-/m1/s1. The van der Waals surface area contributed by atoms with Crippen LogP contribution in [0.5, 0.6) is 17.2 Å². The summed E-state index contributed by atoms with van der Waals surface area (Å²) in [7, 11) is 1.68. The summed E-state index contributed by atoms with van der Waals surface area (Å²) in [5, 5.41) is 7.10. The first-order chi connectivity index (χ1) is 14.8. The molecule has 0 saturated heterocycles. The summed E-state index contributed by atoms with van der Waals surface area (Å²) in [6, 6.07) is 24.6. The van der Waals surface area contributed by atoms with Crippen molar-refractivity contribution in [1.29, 1.82) is 0 Å². The number of benzene rings is 3. The van der Waals surface area contributed by atoms with Crippen LogP contribution in [0, 0.1) is 0 Å². The predicted octanol–water partition coefficient (Wildman–Crippen LogP) is 5.34. The smallest absolute Gasteiger partial charge is 0.213 e. The van der Waals surface area contributed by atoms with Gasteiger partial charge in [0.1, 0.15) is 17.2 Å². The molecule has 0 spiro atoms. The maximum Gasteiger partial charge on any atom is 0.213 e. The summed E-state index contributed by atoms with van der Waals surface area (Å²) in [5.41, 5.74) is 4.39. The van der Waals surface area contributed by atoms with Gasteiger partial charge in [0.05, 0.1) is 25.5 Å². The van der Waals surface area contributed by atoms with Gasteiger partial charge in [0.25, 0.3) is 0 Å². The van der Waals surface area contributed by atoms with Crippen molar-refractivity contribution < 1.29 is 14.2 Å². The van der Waals surface area contributed by atoms with Gasteiger partial charge in [-0.15, -0.1) is 0 Å². The first-order valence-electron chi connectivity index (χ1n) is 10.3. The Kier molecular flexibility index (Phi) is 4.79. The number of fused-ring (bicyclic) bond motifs is 3. The Balaban J connectivity index is 1.52. The van der Waals surface area contributed by atoms with E-state index in [0.29, 0.717) is 6.61 Å². The second kappa shape index (κ2) is 7.75.